The highest BCUT2D eigenvalue weighted by Crippen LogP contribution is 2.26. The molecule has 4 heteroatoms. The standard InChI is InChI=1S/C11H11ClN2S/c12-11-4-2-1-3-9(11)5-14-6-10(14)7-15-8-13/h1-4,10H,5-7H2. The largest absolute Gasteiger partial charge is 0.292 e. The fraction of sp³-hybridized carbons (Fsp3) is 0.364. The number of thiocyanates is 1. The Labute approximate surface area is 98.8 Å². The van der Waals surface area contributed by atoms with Gasteiger partial charge in [0.05, 0.1) is 0 Å². The van der Waals surface area contributed by atoms with Crippen molar-refractivity contribution in [1.82, 2.24) is 4.90 Å². The fourth-order valence-corrected chi connectivity index (χ4v) is 2.33. The Morgan fingerprint density at radius 2 is 2.33 bits per heavy atom. The van der Waals surface area contributed by atoms with Crippen LogP contribution in [0.3, 0.4) is 0 Å². The molecule has 1 aromatic carbocycles. The van der Waals surface area contributed by atoms with Crippen molar-refractivity contribution in [3.8, 4) is 5.40 Å². The molecule has 0 amide bonds. The van der Waals surface area contributed by atoms with Crippen molar-refractivity contribution >= 4 is 23.4 Å². The van der Waals surface area contributed by atoms with E-state index in [1.807, 2.05) is 18.2 Å². The first kappa shape index (κ1) is 10.8. The molecule has 1 aliphatic rings. The molecule has 0 spiro atoms. The minimum atomic E-state index is 0.561. The number of rotatable bonds is 4. The predicted molar refractivity (Wildman–Crippen MR) is 63.7 cm³/mol. The fourth-order valence-electron chi connectivity index (χ4n) is 1.55. The highest BCUT2D eigenvalue weighted by Gasteiger charge is 2.33. The van der Waals surface area contributed by atoms with E-state index in [1.54, 1.807) is 0 Å². The van der Waals surface area contributed by atoms with E-state index in [9.17, 15) is 0 Å². The van der Waals surface area contributed by atoms with Crippen molar-refractivity contribution in [2.75, 3.05) is 12.3 Å². The molecule has 0 bridgehead atoms. The molecule has 1 aromatic rings. The summed E-state index contributed by atoms with van der Waals surface area (Å²) in [5.74, 6) is 0.904. The first-order chi connectivity index (χ1) is 7.31. The Kier molecular flexibility index (Phi) is 3.53. The number of nitriles is 1. The summed E-state index contributed by atoms with van der Waals surface area (Å²) in [7, 11) is 0. The first-order valence-corrected chi connectivity index (χ1v) is 6.16. The van der Waals surface area contributed by atoms with Gasteiger partial charge in [-0.1, -0.05) is 29.8 Å². The Bertz CT molecular complexity index is 388. The van der Waals surface area contributed by atoms with Gasteiger partial charge in [-0.3, -0.25) is 4.90 Å². The summed E-state index contributed by atoms with van der Waals surface area (Å²) in [6.07, 6.45) is 0. The van der Waals surface area contributed by atoms with Crippen molar-refractivity contribution in [3.05, 3.63) is 34.9 Å². The van der Waals surface area contributed by atoms with Crippen molar-refractivity contribution < 1.29 is 0 Å². The van der Waals surface area contributed by atoms with Gasteiger partial charge >= 0.3 is 0 Å². The quantitative estimate of drug-likeness (QED) is 0.596. The van der Waals surface area contributed by atoms with E-state index in [1.165, 1.54) is 17.3 Å². The van der Waals surface area contributed by atoms with Gasteiger partial charge in [-0.05, 0) is 23.4 Å². The van der Waals surface area contributed by atoms with E-state index < -0.39 is 0 Å². The van der Waals surface area contributed by atoms with Crippen molar-refractivity contribution in [3.63, 3.8) is 0 Å². The molecule has 2 nitrogen and oxygen atoms in total. The molecule has 1 fully saturated rings. The summed E-state index contributed by atoms with van der Waals surface area (Å²) in [5.41, 5.74) is 1.17. The molecule has 0 saturated carbocycles. The van der Waals surface area contributed by atoms with Crippen LogP contribution in [0, 0.1) is 10.7 Å². The number of hydrogen-bond acceptors (Lipinski definition) is 3. The van der Waals surface area contributed by atoms with Gasteiger partial charge in [0, 0.05) is 29.9 Å². The van der Waals surface area contributed by atoms with E-state index >= 15 is 0 Å². The van der Waals surface area contributed by atoms with E-state index in [0.717, 1.165) is 23.9 Å². The summed E-state index contributed by atoms with van der Waals surface area (Å²) in [6, 6.07) is 8.47. The third-order valence-electron chi connectivity index (χ3n) is 2.50. The second-order valence-electron chi connectivity index (χ2n) is 3.58. The summed E-state index contributed by atoms with van der Waals surface area (Å²) >= 11 is 7.39. The molecule has 0 aromatic heterocycles. The average Bonchev–Trinajstić information content (AvgIpc) is 2.97. The van der Waals surface area contributed by atoms with Gasteiger partial charge in [0.2, 0.25) is 0 Å². The van der Waals surface area contributed by atoms with Crippen LogP contribution in [-0.4, -0.2) is 23.2 Å². The maximum atomic E-state index is 8.44. The molecule has 0 aliphatic carbocycles. The molecule has 15 heavy (non-hydrogen) atoms. The Morgan fingerprint density at radius 1 is 1.53 bits per heavy atom. The molecular weight excluding hydrogens is 228 g/mol. The lowest BCUT2D eigenvalue weighted by Gasteiger charge is -2.04. The van der Waals surface area contributed by atoms with E-state index in [4.69, 9.17) is 16.9 Å². The maximum Gasteiger partial charge on any atom is 0.133 e. The molecule has 0 N–H and O–H groups in total. The minimum absolute atomic E-state index is 0.561. The summed E-state index contributed by atoms with van der Waals surface area (Å²) in [5, 5.41) is 11.4. The van der Waals surface area contributed by atoms with Crippen molar-refractivity contribution in [1.29, 1.82) is 5.26 Å². The van der Waals surface area contributed by atoms with Gasteiger partial charge in [0.1, 0.15) is 5.40 Å². The topological polar surface area (TPSA) is 26.8 Å². The van der Waals surface area contributed by atoms with E-state index in [0.29, 0.717) is 6.04 Å². The van der Waals surface area contributed by atoms with Crippen LogP contribution in [0.4, 0.5) is 0 Å². The molecular formula is C11H11ClN2S. The Hall–Kier alpha value is -0.690. The monoisotopic (exact) mass is 238 g/mol. The maximum absolute atomic E-state index is 8.44. The average molecular weight is 239 g/mol. The van der Waals surface area contributed by atoms with Crippen LogP contribution >= 0.6 is 23.4 Å². The Balaban J connectivity index is 1.85. The number of thioether (sulfide) groups is 1. The van der Waals surface area contributed by atoms with Crippen LogP contribution in [-0.2, 0) is 6.54 Å². The zero-order valence-corrected chi connectivity index (χ0v) is 9.76. The highest BCUT2D eigenvalue weighted by molar-refractivity contribution is 8.03. The van der Waals surface area contributed by atoms with Gasteiger partial charge in [-0.25, -0.2) is 0 Å². The number of halogens is 1. The SMILES string of the molecule is N#CSCC1CN1Cc1ccccc1Cl. The van der Waals surface area contributed by atoms with E-state index in [2.05, 4.69) is 16.4 Å². The highest BCUT2D eigenvalue weighted by atomic mass is 35.5. The molecule has 0 radical (unpaired) electrons. The second kappa shape index (κ2) is 4.89. The van der Waals surface area contributed by atoms with Gasteiger partial charge < -0.3 is 0 Å². The summed E-state index contributed by atoms with van der Waals surface area (Å²) in [4.78, 5) is 2.32. The lowest BCUT2D eigenvalue weighted by atomic mass is 10.2. The normalized spacial score (nSPS) is 23.5. The number of hydrogen-bond donors (Lipinski definition) is 0. The van der Waals surface area contributed by atoms with Crippen LogP contribution in [0.5, 0.6) is 0 Å². The molecule has 1 aliphatic heterocycles. The van der Waals surface area contributed by atoms with Crippen LogP contribution in [0.1, 0.15) is 5.56 Å². The molecule has 2 rings (SSSR count). The van der Waals surface area contributed by atoms with Crippen molar-refractivity contribution in [2.24, 2.45) is 0 Å². The van der Waals surface area contributed by atoms with Gasteiger partial charge in [-0.15, -0.1) is 0 Å². The lowest BCUT2D eigenvalue weighted by Crippen LogP contribution is -2.04. The molecule has 2 atom stereocenters. The van der Waals surface area contributed by atoms with Gasteiger partial charge in [-0.2, -0.15) is 5.26 Å². The molecule has 78 valence electrons. The Morgan fingerprint density at radius 3 is 3.07 bits per heavy atom. The molecule has 1 saturated heterocycles. The molecule has 2 unspecified atom stereocenters. The molecule has 1 heterocycles. The summed E-state index contributed by atoms with van der Waals surface area (Å²) in [6.45, 7) is 1.98. The third-order valence-corrected chi connectivity index (χ3v) is 3.55. The third kappa shape index (κ3) is 2.88. The van der Waals surface area contributed by atoms with Crippen LogP contribution in [0.2, 0.25) is 5.02 Å². The first-order valence-electron chi connectivity index (χ1n) is 4.79. The zero-order valence-electron chi connectivity index (χ0n) is 8.19. The minimum Gasteiger partial charge on any atom is -0.292 e. The lowest BCUT2D eigenvalue weighted by molar-refractivity contribution is 0.517. The van der Waals surface area contributed by atoms with E-state index in [-0.39, 0.29) is 0 Å². The van der Waals surface area contributed by atoms with Crippen molar-refractivity contribution in [2.45, 2.75) is 12.6 Å². The zero-order chi connectivity index (χ0) is 10.7. The van der Waals surface area contributed by atoms with Gasteiger partial charge in [0.25, 0.3) is 0 Å². The van der Waals surface area contributed by atoms with Crippen LogP contribution in [0.25, 0.3) is 0 Å². The number of benzene rings is 1. The smallest absolute Gasteiger partial charge is 0.133 e. The van der Waals surface area contributed by atoms with Crippen LogP contribution in [0.15, 0.2) is 24.3 Å². The van der Waals surface area contributed by atoms with Crippen LogP contribution < -0.4 is 0 Å². The number of nitrogens with zero attached hydrogens (tertiary/aromatic N) is 2. The predicted octanol–water partition coefficient (Wildman–Crippen LogP) is 2.74. The second-order valence-corrected chi connectivity index (χ2v) is 4.79. The van der Waals surface area contributed by atoms with Gasteiger partial charge in [0.15, 0.2) is 0 Å². The summed E-state index contributed by atoms with van der Waals surface area (Å²) < 4.78 is 0.